The lowest BCUT2D eigenvalue weighted by Crippen LogP contribution is -2.19. The third-order valence-electron chi connectivity index (χ3n) is 2.69. The van der Waals surface area contributed by atoms with E-state index in [9.17, 15) is 9.59 Å². The first-order chi connectivity index (χ1) is 9.04. The fraction of sp³-hybridized carbons (Fsp3) is 0.143. The van der Waals surface area contributed by atoms with Crippen molar-refractivity contribution < 1.29 is 4.79 Å². The van der Waals surface area contributed by atoms with Crippen LogP contribution < -0.4 is 16.6 Å². The highest BCUT2D eigenvalue weighted by Crippen LogP contribution is 2.09. The topological polar surface area (TPSA) is 77.1 Å². The van der Waals surface area contributed by atoms with E-state index in [0.717, 1.165) is 5.56 Å². The Morgan fingerprint density at radius 1 is 1.32 bits per heavy atom. The maximum absolute atomic E-state index is 11.9. The average molecular weight is 257 g/mol. The van der Waals surface area contributed by atoms with Gasteiger partial charge < -0.3 is 15.6 Å². The van der Waals surface area contributed by atoms with Gasteiger partial charge in [0.25, 0.3) is 0 Å². The summed E-state index contributed by atoms with van der Waals surface area (Å²) in [5.41, 5.74) is 7.61. The fourth-order valence-electron chi connectivity index (χ4n) is 1.76. The van der Waals surface area contributed by atoms with Crippen LogP contribution in [0.25, 0.3) is 0 Å². The second kappa shape index (κ2) is 5.39. The Kier molecular flexibility index (Phi) is 3.66. The van der Waals surface area contributed by atoms with E-state index in [-0.39, 0.29) is 17.9 Å². The Morgan fingerprint density at radius 3 is 2.79 bits per heavy atom. The molecule has 0 fully saturated rings. The van der Waals surface area contributed by atoms with Crippen molar-refractivity contribution in [1.29, 1.82) is 0 Å². The molecule has 98 valence electrons. The molecule has 3 N–H and O–H groups in total. The van der Waals surface area contributed by atoms with Crippen molar-refractivity contribution in [3.8, 4) is 0 Å². The average Bonchev–Trinajstić information content (AvgIpc) is 2.34. The van der Waals surface area contributed by atoms with Crippen LogP contribution in [0, 0.1) is 0 Å². The number of pyridine rings is 1. The summed E-state index contributed by atoms with van der Waals surface area (Å²) in [5, 5.41) is 2.74. The molecule has 2 rings (SSSR count). The van der Waals surface area contributed by atoms with Crippen LogP contribution in [0.1, 0.15) is 5.56 Å². The molecule has 0 bridgehead atoms. The molecule has 0 atom stereocenters. The number of hydrogen-bond acceptors (Lipinski definition) is 3. The van der Waals surface area contributed by atoms with Gasteiger partial charge in [0.2, 0.25) is 11.5 Å². The smallest absolute Gasteiger partial charge is 0.250 e. The first-order valence-corrected chi connectivity index (χ1v) is 5.85. The molecule has 0 spiro atoms. The van der Waals surface area contributed by atoms with Crippen LogP contribution in [0.15, 0.2) is 47.4 Å². The lowest BCUT2D eigenvalue weighted by molar-refractivity contribution is -0.115. The van der Waals surface area contributed by atoms with Gasteiger partial charge >= 0.3 is 0 Å². The summed E-state index contributed by atoms with van der Waals surface area (Å²) in [5.74, 6) is -0.149. The largest absolute Gasteiger partial charge is 0.399 e. The standard InChI is InChI=1S/C14H15N3O2/c1-17-9-12(5-6-14(17)19)16-13(18)8-10-3-2-4-11(15)7-10/h2-7,9H,8,15H2,1H3,(H,16,18). The summed E-state index contributed by atoms with van der Waals surface area (Å²) >= 11 is 0. The fourth-order valence-corrected chi connectivity index (χ4v) is 1.76. The summed E-state index contributed by atoms with van der Waals surface area (Å²) in [6.07, 6.45) is 1.83. The maximum atomic E-state index is 11.9. The van der Waals surface area contributed by atoms with Crippen molar-refractivity contribution in [1.82, 2.24) is 4.57 Å². The Morgan fingerprint density at radius 2 is 2.11 bits per heavy atom. The zero-order chi connectivity index (χ0) is 13.8. The van der Waals surface area contributed by atoms with Crippen LogP contribution in [-0.4, -0.2) is 10.5 Å². The molecule has 0 unspecified atom stereocenters. The number of benzene rings is 1. The molecule has 1 aromatic carbocycles. The predicted octanol–water partition coefficient (Wildman–Crippen LogP) is 1.15. The van der Waals surface area contributed by atoms with Gasteiger partial charge in [-0.1, -0.05) is 12.1 Å². The Labute approximate surface area is 110 Å². The van der Waals surface area contributed by atoms with Gasteiger partial charge in [-0.05, 0) is 23.8 Å². The number of carbonyl (C=O) groups excluding carboxylic acids is 1. The van der Waals surface area contributed by atoms with E-state index in [2.05, 4.69) is 5.32 Å². The monoisotopic (exact) mass is 257 g/mol. The minimum absolute atomic E-state index is 0.117. The zero-order valence-electron chi connectivity index (χ0n) is 10.6. The summed E-state index contributed by atoms with van der Waals surface area (Å²) < 4.78 is 1.41. The molecule has 1 aromatic heterocycles. The Bertz CT molecular complexity index is 662. The highest BCUT2D eigenvalue weighted by molar-refractivity contribution is 5.92. The van der Waals surface area contributed by atoms with Gasteiger partial charge in [0.15, 0.2) is 0 Å². The molecule has 2 aromatic rings. The zero-order valence-corrected chi connectivity index (χ0v) is 10.6. The van der Waals surface area contributed by atoms with E-state index in [1.54, 1.807) is 31.4 Å². The van der Waals surface area contributed by atoms with Crippen LogP contribution in [0.4, 0.5) is 11.4 Å². The van der Waals surface area contributed by atoms with Gasteiger partial charge in [0.05, 0.1) is 12.1 Å². The van der Waals surface area contributed by atoms with E-state index < -0.39 is 0 Å². The van der Waals surface area contributed by atoms with E-state index >= 15 is 0 Å². The summed E-state index contributed by atoms with van der Waals surface area (Å²) in [6.45, 7) is 0. The van der Waals surface area contributed by atoms with Gasteiger partial charge in [-0.15, -0.1) is 0 Å². The number of anilines is 2. The van der Waals surface area contributed by atoms with E-state index in [4.69, 9.17) is 5.73 Å². The molecular formula is C14H15N3O2. The molecular weight excluding hydrogens is 242 g/mol. The number of nitrogen functional groups attached to an aromatic ring is 1. The van der Waals surface area contributed by atoms with E-state index in [0.29, 0.717) is 11.4 Å². The third-order valence-corrected chi connectivity index (χ3v) is 2.69. The first kappa shape index (κ1) is 12.9. The minimum Gasteiger partial charge on any atom is -0.399 e. The van der Waals surface area contributed by atoms with Crippen LogP contribution in [0.2, 0.25) is 0 Å². The van der Waals surface area contributed by atoms with Gasteiger partial charge in [-0.3, -0.25) is 9.59 Å². The molecule has 5 heteroatoms. The quantitative estimate of drug-likeness (QED) is 0.810. The second-order valence-electron chi connectivity index (χ2n) is 4.34. The number of aryl methyl sites for hydroxylation is 1. The van der Waals surface area contributed by atoms with Crippen molar-refractivity contribution in [3.05, 3.63) is 58.5 Å². The molecule has 0 saturated heterocycles. The highest BCUT2D eigenvalue weighted by atomic mass is 16.1. The Hall–Kier alpha value is -2.56. The van der Waals surface area contributed by atoms with Crippen molar-refractivity contribution >= 4 is 17.3 Å². The minimum atomic E-state index is -0.149. The molecule has 0 radical (unpaired) electrons. The number of nitrogens with two attached hydrogens (primary N) is 1. The number of aromatic nitrogens is 1. The van der Waals surface area contributed by atoms with Crippen molar-refractivity contribution in [2.75, 3.05) is 11.1 Å². The van der Waals surface area contributed by atoms with Crippen LogP contribution >= 0.6 is 0 Å². The van der Waals surface area contributed by atoms with Crippen LogP contribution in [-0.2, 0) is 18.3 Å². The third kappa shape index (κ3) is 3.45. The molecule has 5 nitrogen and oxygen atoms in total. The number of rotatable bonds is 3. The lowest BCUT2D eigenvalue weighted by Gasteiger charge is -2.07. The lowest BCUT2D eigenvalue weighted by atomic mass is 10.1. The van der Waals surface area contributed by atoms with Crippen LogP contribution in [0.3, 0.4) is 0 Å². The SMILES string of the molecule is Cn1cc(NC(=O)Cc2cccc(N)c2)ccc1=O. The molecule has 1 amide bonds. The molecule has 19 heavy (non-hydrogen) atoms. The predicted molar refractivity (Wildman–Crippen MR) is 74.9 cm³/mol. The summed E-state index contributed by atoms with van der Waals surface area (Å²) in [6, 6.07) is 10.2. The number of nitrogens with one attached hydrogen (secondary N) is 1. The number of amides is 1. The number of carbonyl (C=O) groups is 1. The van der Waals surface area contributed by atoms with Gasteiger partial charge in [0.1, 0.15) is 0 Å². The molecule has 0 saturated carbocycles. The van der Waals surface area contributed by atoms with Gasteiger partial charge in [0, 0.05) is 25.0 Å². The second-order valence-corrected chi connectivity index (χ2v) is 4.34. The molecule has 0 aliphatic rings. The van der Waals surface area contributed by atoms with E-state index in [1.165, 1.54) is 10.6 Å². The normalized spacial score (nSPS) is 10.2. The van der Waals surface area contributed by atoms with Gasteiger partial charge in [-0.25, -0.2) is 0 Å². The summed E-state index contributed by atoms with van der Waals surface area (Å²) in [4.78, 5) is 23.1. The molecule has 1 heterocycles. The number of nitrogens with zero attached hydrogens (tertiary/aromatic N) is 1. The van der Waals surface area contributed by atoms with Crippen molar-refractivity contribution in [3.63, 3.8) is 0 Å². The van der Waals surface area contributed by atoms with Crippen molar-refractivity contribution in [2.24, 2.45) is 7.05 Å². The Balaban J connectivity index is 2.05. The van der Waals surface area contributed by atoms with Crippen molar-refractivity contribution in [2.45, 2.75) is 6.42 Å². The maximum Gasteiger partial charge on any atom is 0.250 e. The summed E-state index contributed by atoms with van der Waals surface area (Å²) in [7, 11) is 1.63. The molecule has 0 aliphatic heterocycles. The van der Waals surface area contributed by atoms with E-state index in [1.807, 2.05) is 12.1 Å². The first-order valence-electron chi connectivity index (χ1n) is 5.85. The molecule has 0 aliphatic carbocycles. The number of hydrogen-bond donors (Lipinski definition) is 2. The van der Waals surface area contributed by atoms with Crippen LogP contribution in [0.5, 0.6) is 0 Å². The van der Waals surface area contributed by atoms with Gasteiger partial charge in [-0.2, -0.15) is 0 Å². The highest BCUT2D eigenvalue weighted by Gasteiger charge is 2.05.